The van der Waals surface area contributed by atoms with Crippen LogP contribution < -0.4 is 4.74 Å². The van der Waals surface area contributed by atoms with Crippen LogP contribution in [-0.4, -0.2) is 54.5 Å². The van der Waals surface area contributed by atoms with Gasteiger partial charge in [-0.1, -0.05) is 85.8 Å². The summed E-state index contributed by atoms with van der Waals surface area (Å²) in [5, 5.41) is 2.17. The lowest BCUT2D eigenvalue weighted by atomic mass is 10.1. The topological polar surface area (TPSA) is 32.8 Å². The van der Waals surface area contributed by atoms with Crippen LogP contribution in [0.2, 0.25) is 0 Å². The Kier molecular flexibility index (Phi) is 7.00. The van der Waals surface area contributed by atoms with Gasteiger partial charge in [-0.2, -0.15) is 0 Å². The van der Waals surface area contributed by atoms with Crippen molar-refractivity contribution < 1.29 is 9.53 Å². The molecule has 3 aromatic rings. The number of carbonyl (C=O) groups is 1. The number of fused-ring (bicyclic) bond motifs is 1. The summed E-state index contributed by atoms with van der Waals surface area (Å²) in [6.45, 7) is 6.17. The Balaban J connectivity index is 1.32. The zero-order chi connectivity index (χ0) is 21.5. The highest BCUT2D eigenvalue weighted by Gasteiger charge is 2.27. The second kappa shape index (κ2) is 10.3. The SMILES string of the molecule is CC[C@@H](Oc1cccc2ccccc12)C(=O)N1CCN(C/C=C/c2ccccc2)CC1. The average molecular weight is 415 g/mol. The van der Waals surface area contributed by atoms with Crippen molar-refractivity contribution in [3.8, 4) is 5.75 Å². The van der Waals surface area contributed by atoms with E-state index < -0.39 is 6.10 Å². The van der Waals surface area contributed by atoms with Crippen molar-refractivity contribution in [2.45, 2.75) is 19.4 Å². The minimum atomic E-state index is -0.449. The maximum Gasteiger partial charge on any atom is 0.263 e. The molecule has 0 aliphatic carbocycles. The van der Waals surface area contributed by atoms with Crippen LogP contribution in [0, 0.1) is 0 Å². The number of amides is 1. The molecular formula is C27H30N2O2. The van der Waals surface area contributed by atoms with E-state index in [0.29, 0.717) is 6.42 Å². The summed E-state index contributed by atoms with van der Waals surface area (Å²) in [6.07, 6.45) is 4.56. The minimum absolute atomic E-state index is 0.0925. The van der Waals surface area contributed by atoms with Crippen LogP contribution >= 0.6 is 0 Å². The lowest BCUT2D eigenvalue weighted by Gasteiger charge is -2.35. The van der Waals surface area contributed by atoms with Crippen LogP contribution in [0.3, 0.4) is 0 Å². The number of benzene rings is 3. The first-order valence-corrected chi connectivity index (χ1v) is 11.1. The van der Waals surface area contributed by atoms with E-state index in [1.54, 1.807) is 0 Å². The van der Waals surface area contributed by atoms with E-state index in [4.69, 9.17) is 4.74 Å². The summed E-state index contributed by atoms with van der Waals surface area (Å²) in [6, 6.07) is 24.5. The molecule has 4 heteroatoms. The standard InChI is InChI=1S/C27H30N2O2/c1-2-25(31-26-16-8-14-23-13-6-7-15-24(23)26)27(30)29-20-18-28(19-21-29)17-9-12-22-10-4-3-5-11-22/h3-16,25H,2,17-21H2,1H3/b12-9+/t25-/m1/s1. The number of hydrogen-bond acceptors (Lipinski definition) is 3. The van der Waals surface area contributed by atoms with Crippen LogP contribution in [-0.2, 0) is 4.79 Å². The van der Waals surface area contributed by atoms with Crippen molar-refractivity contribution in [3.05, 3.63) is 84.4 Å². The molecule has 1 saturated heterocycles. The summed E-state index contributed by atoms with van der Waals surface area (Å²) >= 11 is 0. The fourth-order valence-electron chi connectivity index (χ4n) is 4.02. The average Bonchev–Trinajstić information content (AvgIpc) is 2.83. The van der Waals surface area contributed by atoms with Crippen LogP contribution in [0.25, 0.3) is 16.8 Å². The summed E-state index contributed by atoms with van der Waals surface area (Å²) in [5.74, 6) is 0.873. The molecule has 1 fully saturated rings. The number of rotatable bonds is 7. The van der Waals surface area contributed by atoms with Crippen LogP contribution in [0.4, 0.5) is 0 Å². The number of ether oxygens (including phenoxy) is 1. The van der Waals surface area contributed by atoms with E-state index in [0.717, 1.165) is 49.2 Å². The molecule has 0 aromatic heterocycles. The Morgan fingerprint density at radius 3 is 2.42 bits per heavy atom. The summed E-state index contributed by atoms with van der Waals surface area (Å²) < 4.78 is 6.22. The second-order valence-corrected chi connectivity index (χ2v) is 7.93. The van der Waals surface area contributed by atoms with Gasteiger partial charge in [0.05, 0.1) is 0 Å². The Labute approximate surface area is 184 Å². The summed E-state index contributed by atoms with van der Waals surface area (Å²) in [7, 11) is 0. The first-order chi connectivity index (χ1) is 15.2. The van der Waals surface area contributed by atoms with E-state index in [2.05, 4.69) is 53.5 Å². The van der Waals surface area contributed by atoms with Gasteiger partial charge in [-0.15, -0.1) is 0 Å². The molecule has 1 aliphatic heterocycles. The quantitative estimate of drug-likeness (QED) is 0.554. The van der Waals surface area contributed by atoms with Gasteiger partial charge >= 0.3 is 0 Å². The minimum Gasteiger partial charge on any atom is -0.480 e. The summed E-state index contributed by atoms with van der Waals surface area (Å²) in [5.41, 5.74) is 1.22. The first-order valence-electron chi connectivity index (χ1n) is 11.1. The second-order valence-electron chi connectivity index (χ2n) is 7.93. The maximum atomic E-state index is 13.1. The molecule has 1 atom stereocenters. The highest BCUT2D eigenvalue weighted by Crippen LogP contribution is 2.27. The van der Waals surface area contributed by atoms with Gasteiger partial charge in [-0.25, -0.2) is 0 Å². The van der Waals surface area contributed by atoms with Gasteiger partial charge in [-0.05, 0) is 23.4 Å². The molecule has 0 N–H and O–H groups in total. The van der Waals surface area contributed by atoms with Gasteiger partial charge in [0.15, 0.2) is 6.10 Å². The van der Waals surface area contributed by atoms with E-state index in [9.17, 15) is 4.79 Å². The third kappa shape index (κ3) is 5.33. The molecule has 4 rings (SSSR count). The monoisotopic (exact) mass is 414 g/mol. The molecule has 0 spiro atoms. The fourth-order valence-corrected chi connectivity index (χ4v) is 4.02. The Morgan fingerprint density at radius 1 is 0.935 bits per heavy atom. The largest absolute Gasteiger partial charge is 0.480 e. The van der Waals surface area contributed by atoms with Crippen molar-refractivity contribution in [2.75, 3.05) is 32.7 Å². The molecule has 4 nitrogen and oxygen atoms in total. The van der Waals surface area contributed by atoms with Gasteiger partial charge in [-0.3, -0.25) is 9.69 Å². The Bertz CT molecular complexity index is 1020. The van der Waals surface area contributed by atoms with E-state index >= 15 is 0 Å². The molecule has 0 radical (unpaired) electrons. The van der Waals surface area contributed by atoms with Gasteiger partial charge < -0.3 is 9.64 Å². The molecule has 3 aromatic carbocycles. The Hall–Kier alpha value is -3.11. The van der Waals surface area contributed by atoms with E-state index in [1.165, 1.54) is 5.56 Å². The lowest BCUT2D eigenvalue weighted by Crippen LogP contribution is -2.52. The highest BCUT2D eigenvalue weighted by atomic mass is 16.5. The molecule has 1 amide bonds. The first kappa shape index (κ1) is 21.1. The molecule has 0 saturated carbocycles. The third-order valence-electron chi connectivity index (χ3n) is 5.82. The zero-order valence-electron chi connectivity index (χ0n) is 18.1. The van der Waals surface area contributed by atoms with Crippen molar-refractivity contribution in [2.24, 2.45) is 0 Å². The van der Waals surface area contributed by atoms with Crippen LogP contribution in [0.5, 0.6) is 5.75 Å². The Morgan fingerprint density at radius 2 is 1.65 bits per heavy atom. The van der Waals surface area contributed by atoms with Gasteiger partial charge in [0.1, 0.15) is 5.75 Å². The van der Waals surface area contributed by atoms with Crippen molar-refractivity contribution >= 4 is 22.8 Å². The molecule has 1 heterocycles. The number of hydrogen-bond donors (Lipinski definition) is 0. The van der Waals surface area contributed by atoms with E-state index in [-0.39, 0.29) is 5.91 Å². The smallest absolute Gasteiger partial charge is 0.263 e. The predicted octanol–water partition coefficient (Wildman–Crippen LogP) is 4.85. The predicted molar refractivity (Wildman–Crippen MR) is 127 cm³/mol. The molecule has 0 unspecified atom stereocenters. The highest BCUT2D eigenvalue weighted by molar-refractivity contribution is 5.89. The van der Waals surface area contributed by atoms with E-state index in [1.807, 2.05) is 48.2 Å². The number of piperazine rings is 1. The molecular weight excluding hydrogens is 384 g/mol. The molecule has 160 valence electrons. The van der Waals surface area contributed by atoms with Crippen LogP contribution in [0.1, 0.15) is 18.9 Å². The molecule has 0 bridgehead atoms. The van der Waals surface area contributed by atoms with Crippen molar-refractivity contribution in [1.29, 1.82) is 0 Å². The van der Waals surface area contributed by atoms with Crippen LogP contribution in [0.15, 0.2) is 78.9 Å². The molecule has 1 aliphatic rings. The maximum absolute atomic E-state index is 13.1. The molecule has 31 heavy (non-hydrogen) atoms. The van der Waals surface area contributed by atoms with Gasteiger partial charge in [0.2, 0.25) is 0 Å². The fraction of sp³-hybridized carbons (Fsp3) is 0.296. The third-order valence-corrected chi connectivity index (χ3v) is 5.82. The normalized spacial score (nSPS) is 16.0. The lowest BCUT2D eigenvalue weighted by molar-refractivity contribution is -0.140. The van der Waals surface area contributed by atoms with Crippen molar-refractivity contribution in [3.63, 3.8) is 0 Å². The van der Waals surface area contributed by atoms with Gasteiger partial charge in [0.25, 0.3) is 5.91 Å². The number of nitrogens with zero attached hydrogens (tertiary/aromatic N) is 2. The van der Waals surface area contributed by atoms with Crippen molar-refractivity contribution in [1.82, 2.24) is 9.80 Å². The number of carbonyl (C=O) groups excluding carboxylic acids is 1. The summed E-state index contributed by atoms with van der Waals surface area (Å²) in [4.78, 5) is 17.5. The van der Waals surface area contributed by atoms with Gasteiger partial charge in [0, 0.05) is 38.1 Å². The zero-order valence-corrected chi connectivity index (χ0v) is 18.1.